The average Bonchev–Trinajstić information content (AvgIpc) is 3.33. The van der Waals surface area contributed by atoms with Gasteiger partial charge in [0.25, 0.3) is 5.91 Å². The summed E-state index contributed by atoms with van der Waals surface area (Å²) < 4.78 is 16.9. The summed E-state index contributed by atoms with van der Waals surface area (Å²) in [4.78, 5) is 20.8. The molecule has 0 aliphatic rings. The number of nitrogens with zero attached hydrogens (tertiary/aromatic N) is 2. The van der Waals surface area contributed by atoms with Gasteiger partial charge in [0.1, 0.15) is 18.1 Å². The molecule has 0 saturated heterocycles. The van der Waals surface area contributed by atoms with Crippen molar-refractivity contribution in [3.8, 4) is 23.0 Å². The number of hydrogen-bond donors (Lipinski definition) is 1. The maximum Gasteiger partial charge on any atom is 0.255 e. The van der Waals surface area contributed by atoms with E-state index in [1.165, 1.54) is 18.4 Å². The third-order valence-electron chi connectivity index (χ3n) is 4.28. The first-order valence-electron chi connectivity index (χ1n) is 9.38. The highest BCUT2D eigenvalue weighted by Gasteiger charge is 2.12. The van der Waals surface area contributed by atoms with E-state index in [1.54, 1.807) is 72.5 Å². The maximum atomic E-state index is 12.7. The van der Waals surface area contributed by atoms with Crippen molar-refractivity contribution in [2.24, 2.45) is 0 Å². The summed E-state index contributed by atoms with van der Waals surface area (Å²) in [6.07, 6.45) is 3.32. The quantitative estimate of drug-likeness (QED) is 0.413. The van der Waals surface area contributed by atoms with Crippen molar-refractivity contribution >= 4 is 22.9 Å². The Bertz CT molecular complexity index is 1130. The molecule has 2 heterocycles. The summed E-state index contributed by atoms with van der Waals surface area (Å²) in [7, 11) is 1.54. The predicted octanol–water partition coefficient (Wildman–Crippen LogP) is 5.17. The highest BCUT2D eigenvalue weighted by atomic mass is 32.1. The Balaban J connectivity index is 1.39. The number of nitrogens with one attached hydrogen (secondary N) is 1. The van der Waals surface area contributed by atoms with E-state index >= 15 is 0 Å². The van der Waals surface area contributed by atoms with Crippen LogP contribution in [0.5, 0.6) is 23.0 Å². The van der Waals surface area contributed by atoms with Gasteiger partial charge in [0.15, 0.2) is 11.5 Å². The molecule has 0 fully saturated rings. The number of methoxy groups -OCH3 is 1. The third kappa shape index (κ3) is 5.37. The molecule has 2 aromatic heterocycles. The fraction of sp³-hybridized carbons (Fsp3) is 0.0870. The molecule has 7 nitrogen and oxygen atoms in total. The van der Waals surface area contributed by atoms with Gasteiger partial charge in [-0.3, -0.25) is 9.78 Å². The van der Waals surface area contributed by atoms with Crippen LogP contribution >= 0.6 is 11.3 Å². The van der Waals surface area contributed by atoms with Crippen molar-refractivity contribution < 1.29 is 19.0 Å². The van der Waals surface area contributed by atoms with Crippen LogP contribution in [-0.2, 0) is 6.61 Å². The van der Waals surface area contributed by atoms with Crippen molar-refractivity contribution in [1.82, 2.24) is 9.97 Å². The molecular weight excluding hydrogens is 414 g/mol. The molecule has 8 heteroatoms. The van der Waals surface area contributed by atoms with Crippen LogP contribution in [0.3, 0.4) is 0 Å². The Morgan fingerprint density at radius 3 is 2.48 bits per heavy atom. The minimum atomic E-state index is -0.257. The second-order valence-corrected chi connectivity index (χ2v) is 7.12. The van der Waals surface area contributed by atoms with Crippen molar-refractivity contribution in [2.45, 2.75) is 6.61 Å². The minimum absolute atomic E-state index is 0.257. The molecule has 0 bridgehead atoms. The zero-order valence-corrected chi connectivity index (χ0v) is 17.5. The van der Waals surface area contributed by atoms with Gasteiger partial charge in [-0.1, -0.05) is 0 Å². The van der Waals surface area contributed by atoms with E-state index in [1.807, 2.05) is 5.38 Å². The first-order chi connectivity index (χ1) is 15.2. The molecule has 0 spiro atoms. The second kappa shape index (κ2) is 9.73. The fourth-order valence-electron chi connectivity index (χ4n) is 2.74. The van der Waals surface area contributed by atoms with Gasteiger partial charge >= 0.3 is 0 Å². The lowest BCUT2D eigenvalue weighted by Crippen LogP contribution is -2.12. The van der Waals surface area contributed by atoms with E-state index < -0.39 is 0 Å². The lowest BCUT2D eigenvalue weighted by Gasteiger charge is -2.12. The molecule has 0 aliphatic heterocycles. The lowest BCUT2D eigenvalue weighted by atomic mass is 10.1. The Morgan fingerprint density at radius 2 is 1.77 bits per heavy atom. The van der Waals surface area contributed by atoms with Crippen LogP contribution in [0.15, 0.2) is 77.9 Å². The van der Waals surface area contributed by atoms with E-state index in [-0.39, 0.29) is 5.91 Å². The summed E-state index contributed by atoms with van der Waals surface area (Å²) in [5.74, 6) is 2.12. The van der Waals surface area contributed by atoms with Crippen LogP contribution in [-0.4, -0.2) is 23.0 Å². The van der Waals surface area contributed by atoms with Crippen LogP contribution in [0, 0.1) is 0 Å². The number of hydrogen-bond acceptors (Lipinski definition) is 7. The molecule has 0 saturated carbocycles. The molecule has 31 heavy (non-hydrogen) atoms. The van der Waals surface area contributed by atoms with E-state index in [0.29, 0.717) is 40.9 Å². The van der Waals surface area contributed by atoms with E-state index in [9.17, 15) is 4.79 Å². The topological polar surface area (TPSA) is 82.6 Å². The molecule has 0 radical (unpaired) electrons. The summed E-state index contributed by atoms with van der Waals surface area (Å²) in [6, 6.07) is 15.7. The van der Waals surface area contributed by atoms with Gasteiger partial charge in [-0.05, 0) is 54.6 Å². The summed E-state index contributed by atoms with van der Waals surface area (Å²) in [5.41, 5.74) is 3.69. The number of ether oxygens (including phenoxy) is 3. The van der Waals surface area contributed by atoms with Crippen molar-refractivity contribution in [2.75, 3.05) is 12.4 Å². The lowest BCUT2D eigenvalue weighted by molar-refractivity contribution is 0.102. The van der Waals surface area contributed by atoms with Crippen molar-refractivity contribution in [3.05, 3.63) is 89.1 Å². The predicted molar refractivity (Wildman–Crippen MR) is 118 cm³/mol. The van der Waals surface area contributed by atoms with Crippen molar-refractivity contribution in [3.63, 3.8) is 0 Å². The number of amides is 1. The zero-order chi connectivity index (χ0) is 21.5. The van der Waals surface area contributed by atoms with Gasteiger partial charge in [-0.2, -0.15) is 0 Å². The van der Waals surface area contributed by atoms with Gasteiger partial charge in [-0.25, -0.2) is 4.98 Å². The maximum absolute atomic E-state index is 12.7. The largest absolute Gasteiger partial charge is 0.493 e. The Labute approximate surface area is 183 Å². The van der Waals surface area contributed by atoms with Crippen LogP contribution in [0.2, 0.25) is 0 Å². The van der Waals surface area contributed by atoms with Crippen LogP contribution in [0.4, 0.5) is 5.69 Å². The fourth-order valence-corrected chi connectivity index (χ4v) is 3.28. The number of carbonyl (C=O) groups is 1. The first kappa shape index (κ1) is 20.4. The van der Waals surface area contributed by atoms with Crippen LogP contribution in [0.1, 0.15) is 16.1 Å². The van der Waals surface area contributed by atoms with Gasteiger partial charge in [-0.15, -0.1) is 11.3 Å². The van der Waals surface area contributed by atoms with Gasteiger partial charge in [0.2, 0.25) is 0 Å². The Hall–Kier alpha value is -3.91. The number of thiazole rings is 1. The minimum Gasteiger partial charge on any atom is -0.493 e. The molecule has 156 valence electrons. The van der Waals surface area contributed by atoms with Crippen molar-refractivity contribution in [1.29, 1.82) is 0 Å². The molecule has 1 amide bonds. The number of aromatic nitrogens is 2. The van der Waals surface area contributed by atoms with Crippen LogP contribution in [0.25, 0.3) is 0 Å². The first-order valence-corrected chi connectivity index (χ1v) is 10.3. The number of rotatable bonds is 8. The number of carbonyl (C=O) groups excluding carboxylic acids is 1. The normalized spacial score (nSPS) is 10.4. The number of pyridine rings is 1. The SMILES string of the molecule is COc1cc(C(=O)Nc2ccc(Oc3ccncc3)cc2)ccc1OCc1cscn1. The highest BCUT2D eigenvalue weighted by Crippen LogP contribution is 2.29. The molecular formula is C23H19N3O4S. The summed E-state index contributed by atoms with van der Waals surface area (Å²) in [5, 5.41) is 4.78. The highest BCUT2D eigenvalue weighted by molar-refractivity contribution is 7.07. The average molecular weight is 433 g/mol. The van der Waals surface area contributed by atoms with E-state index in [4.69, 9.17) is 14.2 Å². The van der Waals surface area contributed by atoms with Crippen LogP contribution < -0.4 is 19.5 Å². The van der Waals surface area contributed by atoms with Gasteiger partial charge in [0, 0.05) is 29.0 Å². The summed E-state index contributed by atoms with van der Waals surface area (Å²) >= 11 is 1.51. The molecule has 0 aliphatic carbocycles. The van der Waals surface area contributed by atoms with E-state index in [2.05, 4.69) is 15.3 Å². The number of anilines is 1. The summed E-state index contributed by atoms with van der Waals surface area (Å²) in [6.45, 7) is 0.333. The molecule has 4 aromatic rings. The Morgan fingerprint density at radius 1 is 1.00 bits per heavy atom. The zero-order valence-electron chi connectivity index (χ0n) is 16.6. The van der Waals surface area contributed by atoms with Gasteiger partial charge < -0.3 is 19.5 Å². The molecule has 4 rings (SSSR count). The smallest absolute Gasteiger partial charge is 0.255 e. The second-order valence-electron chi connectivity index (χ2n) is 6.40. The molecule has 1 N–H and O–H groups in total. The third-order valence-corrected chi connectivity index (χ3v) is 4.92. The Kier molecular flexibility index (Phi) is 6.39. The number of benzene rings is 2. The molecule has 0 atom stereocenters. The monoisotopic (exact) mass is 433 g/mol. The van der Waals surface area contributed by atoms with E-state index in [0.717, 1.165) is 5.69 Å². The standard InChI is InChI=1S/C23H19N3O4S/c1-28-22-12-16(2-7-21(22)29-13-18-14-31-15-25-18)23(27)26-17-3-5-19(6-4-17)30-20-8-10-24-11-9-20/h2-12,14-15H,13H2,1H3,(H,26,27). The van der Waals surface area contributed by atoms with Gasteiger partial charge in [0.05, 0.1) is 18.3 Å². The molecule has 2 aromatic carbocycles. The molecule has 0 unspecified atom stereocenters.